The summed E-state index contributed by atoms with van der Waals surface area (Å²) in [7, 11) is 0. The average molecular weight is 294 g/mol. The van der Waals surface area contributed by atoms with Gasteiger partial charge in [-0.25, -0.2) is 0 Å². The molecule has 4 N–H and O–H groups in total. The molecule has 0 radical (unpaired) electrons. The zero-order chi connectivity index (χ0) is 15.5. The van der Waals surface area contributed by atoms with Gasteiger partial charge in [-0.2, -0.15) is 0 Å². The van der Waals surface area contributed by atoms with Crippen molar-refractivity contribution in [3.8, 4) is 0 Å². The van der Waals surface area contributed by atoms with Crippen LogP contribution in [0.5, 0.6) is 0 Å². The van der Waals surface area contributed by atoms with Crippen LogP contribution in [0.2, 0.25) is 0 Å². The van der Waals surface area contributed by atoms with Gasteiger partial charge >= 0.3 is 0 Å². The highest BCUT2D eigenvalue weighted by Gasteiger charge is 2.19. The smallest absolute Gasteiger partial charge is 0.0370 e. The van der Waals surface area contributed by atoms with Crippen LogP contribution in [0.1, 0.15) is 55.2 Å². The average Bonchev–Trinajstić information content (AvgIpc) is 2.52. The summed E-state index contributed by atoms with van der Waals surface area (Å²) in [4.78, 5) is 0. The quantitative estimate of drug-likeness (QED) is 0.804. The molecule has 1 fully saturated rings. The van der Waals surface area contributed by atoms with Crippen molar-refractivity contribution in [1.29, 1.82) is 0 Å². The molecule has 0 saturated heterocycles. The molecule has 22 heavy (non-hydrogen) atoms. The normalized spacial score (nSPS) is 21.7. The SMILES string of the molecule is CC1CCC(c2ccc(Cc3ccc(N)cc3N)cc2)CC1. The maximum Gasteiger partial charge on any atom is 0.0370 e. The molecule has 1 aliphatic carbocycles. The summed E-state index contributed by atoms with van der Waals surface area (Å²) >= 11 is 0. The summed E-state index contributed by atoms with van der Waals surface area (Å²) < 4.78 is 0. The second-order valence-electron chi connectivity index (χ2n) is 6.83. The Morgan fingerprint density at radius 2 is 1.59 bits per heavy atom. The van der Waals surface area contributed by atoms with Crippen LogP contribution in [0.25, 0.3) is 0 Å². The lowest BCUT2D eigenvalue weighted by molar-refractivity contribution is 0.348. The molecule has 2 heteroatoms. The molecule has 0 unspecified atom stereocenters. The van der Waals surface area contributed by atoms with Crippen LogP contribution in [0.15, 0.2) is 42.5 Å². The molecular formula is C20H26N2. The summed E-state index contributed by atoms with van der Waals surface area (Å²) in [5, 5.41) is 0. The van der Waals surface area contributed by atoms with Crippen LogP contribution in [-0.2, 0) is 6.42 Å². The second kappa shape index (κ2) is 6.43. The van der Waals surface area contributed by atoms with E-state index in [0.29, 0.717) is 0 Å². The Hall–Kier alpha value is -1.96. The number of rotatable bonds is 3. The molecular weight excluding hydrogens is 268 g/mol. The second-order valence-corrected chi connectivity index (χ2v) is 6.83. The van der Waals surface area contributed by atoms with Gasteiger partial charge in [-0.3, -0.25) is 0 Å². The monoisotopic (exact) mass is 294 g/mol. The largest absolute Gasteiger partial charge is 0.399 e. The molecule has 116 valence electrons. The minimum Gasteiger partial charge on any atom is -0.399 e. The lowest BCUT2D eigenvalue weighted by Crippen LogP contribution is -2.10. The summed E-state index contributed by atoms with van der Waals surface area (Å²) in [6.45, 7) is 2.37. The van der Waals surface area contributed by atoms with Crippen molar-refractivity contribution >= 4 is 11.4 Å². The number of hydrogen-bond acceptors (Lipinski definition) is 2. The minimum absolute atomic E-state index is 0.725. The van der Waals surface area contributed by atoms with E-state index in [1.807, 2.05) is 18.2 Å². The van der Waals surface area contributed by atoms with Crippen molar-refractivity contribution in [3.63, 3.8) is 0 Å². The number of anilines is 2. The Morgan fingerprint density at radius 3 is 2.23 bits per heavy atom. The molecule has 2 aromatic carbocycles. The molecule has 0 amide bonds. The number of nitrogens with two attached hydrogens (primary N) is 2. The summed E-state index contributed by atoms with van der Waals surface area (Å²) in [6.07, 6.45) is 6.29. The first-order chi connectivity index (χ1) is 10.6. The summed E-state index contributed by atoms with van der Waals surface area (Å²) in [5.41, 5.74) is 17.3. The Kier molecular flexibility index (Phi) is 4.37. The van der Waals surface area contributed by atoms with Gasteiger partial charge < -0.3 is 11.5 Å². The van der Waals surface area contributed by atoms with Gasteiger partial charge in [0.1, 0.15) is 0 Å². The molecule has 1 saturated carbocycles. The molecule has 1 aliphatic rings. The fraction of sp³-hybridized carbons (Fsp3) is 0.400. The van der Waals surface area contributed by atoms with Crippen LogP contribution in [-0.4, -0.2) is 0 Å². The lowest BCUT2D eigenvalue weighted by atomic mass is 9.79. The zero-order valence-corrected chi connectivity index (χ0v) is 13.4. The summed E-state index contributed by atoms with van der Waals surface area (Å²) in [6, 6.07) is 14.9. The third-order valence-electron chi connectivity index (χ3n) is 5.03. The number of benzene rings is 2. The number of nitrogen functional groups attached to an aromatic ring is 2. The first-order valence-corrected chi connectivity index (χ1v) is 8.34. The van der Waals surface area contributed by atoms with Crippen LogP contribution >= 0.6 is 0 Å². The van der Waals surface area contributed by atoms with Crippen LogP contribution in [0.4, 0.5) is 11.4 Å². The van der Waals surface area contributed by atoms with E-state index in [4.69, 9.17) is 11.5 Å². The number of hydrogen-bond donors (Lipinski definition) is 2. The predicted molar refractivity (Wildman–Crippen MR) is 94.9 cm³/mol. The molecule has 0 atom stereocenters. The van der Waals surface area contributed by atoms with E-state index < -0.39 is 0 Å². The van der Waals surface area contributed by atoms with Crippen molar-refractivity contribution in [2.45, 2.75) is 44.9 Å². The fourth-order valence-corrected chi connectivity index (χ4v) is 3.50. The fourth-order valence-electron chi connectivity index (χ4n) is 3.50. The van der Waals surface area contributed by atoms with Gasteiger partial charge in [0.15, 0.2) is 0 Å². The van der Waals surface area contributed by atoms with Gasteiger partial charge in [0, 0.05) is 11.4 Å². The molecule has 0 aliphatic heterocycles. The van der Waals surface area contributed by atoms with Gasteiger partial charge in [-0.05, 0) is 59.9 Å². The highest BCUT2D eigenvalue weighted by Crippen LogP contribution is 2.35. The topological polar surface area (TPSA) is 52.0 Å². The molecule has 0 bridgehead atoms. The Morgan fingerprint density at radius 1 is 0.909 bits per heavy atom. The third-order valence-corrected chi connectivity index (χ3v) is 5.03. The molecule has 2 nitrogen and oxygen atoms in total. The highest BCUT2D eigenvalue weighted by molar-refractivity contribution is 5.57. The van der Waals surface area contributed by atoms with E-state index in [0.717, 1.165) is 35.2 Å². The van der Waals surface area contributed by atoms with E-state index in [2.05, 4.69) is 31.2 Å². The van der Waals surface area contributed by atoms with Crippen LogP contribution < -0.4 is 11.5 Å². The van der Waals surface area contributed by atoms with Gasteiger partial charge in [-0.15, -0.1) is 0 Å². The highest BCUT2D eigenvalue weighted by atomic mass is 14.6. The van der Waals surface area contributed by atoms with E-state index >= 15 is 0 Å². The van der Waals surface area contributed by atoms with E-state index in [1.165, 1.54) is 36.8 Å². The van der Waals surface area contributed by atoms with Gasteiger partial charge in [-0.1, -0.05) is 50.1 Å². The van der Waals surface area contributed by atoms with Crippen molar-refractivity contribution in [2.75, 3.05) is 11.5 Å². The minimum atomic E-state index is 0.725. The predicted octanol–water partition coefficient (Wildman–Crippen LogP) is 4.74. The first kappa shape index (κ1) is 15.0. The van der Waals surface area contributed by atoms with Crippen molar-refractivity contribution in [3.05, 3.63) is 59.2 Å². The summed E-state index contributed by atoms with van der Waals surface area (Å²) in [5.74, 6) is 1.66. The Bertz CT molecular complexity index is 623. The van der Waals surface area contributed by atoms with Crippen molar-refractivity contribution < 1.29 is 0 Å². The van der Waals surface area contributed by atoms with E-state index in [9.17, 15) is 0 Å². The van der Waals surface area contributed by atoms with Crippen LogP contribution in [0.3, 0.4) is 0 Å². The van der Waals surface area contributed by atoms with Crippen molar-refractivity contribution in [1.82, 2.24) is 0 Å². The van der Waals surface area contributed by atoms with Crippen molar-refractivity contribution in [2.24, 2.45) is 5.92 Å². The Labute approximate surface area is 133 Å². The maximum absolute atomic E-state index is 6.05. The zero-order valence-electron chi connectivity index (χ0n) is 13.4. The lowest BCUT2D eigenvalue weighted by Gasteiger charge is -2.26. The van der Waals surface area contributed by atoms with E-state index in [1.54, 1.807) is 0 Å². The van der Waals surface area contributed by atoms with E-state index in [-0.39, 0.29) is 0 Å². The van der Waals surface area contributed by atoms with Gasteiger partial charge in [0.05, 0.1) is 0 Å². The third kappa shape index (κ3) is 3.44. The maximum atomic E-state index is 6.05. The first-order valence-electron chi connectivity index (χ1n) is 8.34. The van der Waals surface area contributed by atoms with Crippen LogP contribution in [0, 0.1) is 5.92 Å². The molecule has 0 aromatic heterocycles. The standard InChI is InChI=1S/C20H26N2/c1-14-2-6-16(7-3-14)17-8-4-15(5-9-17)12-18-10-11-19(21)13-20(18)22/h4-5,8-11,13-14,16H,2-3,6-7,12,21-22H2,1H3. The molecule has 3 rings (SSSR count). The molecule has 2 aromatic rings. The molecule has 0 heterocycles. The van der Waals surface area contributed by atoms with Gasteiger partial charge in [0.2, 0.25) is 0 Å². The molecule has 0 spiro atoms. The Balaban J connectivity index is 1.69. The van der Waals surface area contributed by atoms with Gasteiger partial charge in [0.25, 0.3) is 0 Å².